The molecule has 0 saturated heterocycles. The number of hydrogen-bond acceptors (Lipinski definition) is 3. The van der Waals surface area contributed by atoms with Crippen LogP contribution in [0.5, 0.6) is 0 Å². The van der Waals surface area contributed by atoms with E-state index in [4.69, 9.17) is 5.73 Å². The van der Waals surface area contributed by atoms with Crippen molar-refractivity contribution >= 4 is 27.8 Å². The van der Waals surface area contributed by atoms with Crippen molar-refractivity contribution in [3.8, 4) is 0 Å². The Labute approximate surface area is 73.2 Å². The second-order valence-corrected chi connectivity index (χ2v) is 3.00. The molecule has 0 fully saturated rings. The fourth-order valence-electron chi connectivity index (χ4n) is 0.493. The Bertz CT molecular complexity index is 160. The van der Waals surface area contributed by atoms with E-state index in [0.717, 1.165) is 0 Å². The van der Waals surface area contributed by atoms with Gasteiger partial charge in [-0.25, -0.2) is 0 Å². The van der Waals surface area contributed by atoms with Crippen molar-refractivity contribution in [1.29, 1.82) is 0 Å². The van der Waals surface area contributed by atoms with Gasteiger partial charge in [0.1, 0.15) is 4.83 Å². The standard InChI is InChI=1S/C6H10BrNO3/c1-2-11-6(10)4(7)3-5(8)9/h4H,2-3H2,1H3,(H2,8,9). The number of amides is 1. The summed E-state index contributed by atoms with van der Waals surface area (Å²) in [5.74, 6) is -0.980. The summed E-state index contributed by atoms with van der Waals surface area (Å²) in [6, 6.07) is 0. The molecule has 0 rings (SSSR count). The summed E-state index contributed by atoms with van der Waals surface area (Å²) >= 11 is 2.97. The predicted molar refractivity (Wildman–Crippen MR) is 43.2 cm³/mol. The number of carbonyl (C=O) groups is 2. The van der Waals surface area contributed by atoms with Crippen LogP contribution in [-0.2, 0) is 14.3 Å². The average molecular weight is 224 g/mol. The molecule has 2 N–H and O–H groups in total. The minimum absolute atomic E-state index is 0.0289. The van der Waals surface area contributed by atoms with Crippen LogP contribution in [0.1, 0.15) is 13.3 Å². The number of hydrogen-bond donors (Lipinski definition) is 1. The van der Waals surface area contributed by atoms with E-state index in [0.29, 0.717) is 6.61 Å². The van der Waals surface area contributed by atoms with Crippen molar-refractivity contribution in [3.05, 3.63) is 0 Å². The van der Waals surface area contributed by atoms with Gasteiger partial charge in [0, 0.05) is 6.42 Å². The number of esters is 1. The number of rotatable bonds is 4. The summed E-state index contributed by atoms with van der Waals surface area (Å²) in [5.41, 5.74) is 4.85. The normalized spacial score (nSPS) is 12.2. The lowest BCUT2D eigenvalue weighted by Gasteiger charge is -2.05. The van der Waals surface area contributed by atoms with E-state index in [1.54, 1.807) is 6.92 Å². The topological polar surface area (TPSA) is 69.4 Å². The highest BCUT2D eigenvalue weighted by Gasteiger charge is 2.17. The highest BCUT2D eigenvalue weighted by Crippen LogP contribution is 2.06. The summed E-state index contributed by atoms with van der Waals surface area (Å²) in [6.07, 6.45) is -0.0289. The summed E-state index contributed by atoms with van der Waals surface area (Å²) in [5, 5.41) is 0. The van der Waals surface area contributed by atoms with E-state index in [9.17, 15) is 9.59 Å². The van der Waals surface area contributed by atoms with E-state index < -0.39 is 16.7 Å². The molecule has 0 heterocycles. The first kappa shape index (κ1) is 10.4. The number of nitrogens with two attached hydrogens (primary N) is 1. The molecule has 1 unspecified atom stereocenters. The maximum absolute atomic E-state index is 10.8. The number of carbonyl (C=O) groups excluding carboxylic acids is 2. The van der Waals surface area contributed by atoms with Gasteiger partial charge in [0.25, 0.3) is 0 Å². The van der Waals surface area contributed by atoms with Crippen molar-refractivity contribution in [3.63, 3.8) is 0 Å². The third kappa shape index (κ3) is 4.78. The van der Waals surface area contributed by atoms with Crippen LogP contribution in [-0.4, -0.2) is 23.3 Å². The minimum atomic E-state index is -0.611. The lowest BCUT2D eigenvalue weighted by atomic mass is 10.3. The predicted octanol–water partition coefficient (Wildman–Crippen LogP) is 0.188. The highest BCUT2D eigenvalue weighted by atomic mass is 79.9. The summed E-state index contributed by atoms with van der Waals surface area (Å²) < 4.78 is 4.61. The smallest absolute Gasteiger partial charge is 0.320 e. The molecule has 0 aliphatic rings. The fourth-order valence-corrected chi connectivity index (χ4v) is 0.944. The molecule has 0 aliphatic carbocycles. The molecule has 0 bridgehead atoms. The van der Waals surface area contributed by atoms with E-state index >= 15 is 0 Å². The number of ether oxygens (including phenoxy) is 1. The van der Waals surface area contributed by atoms with Gasteiger partial charge >= 0.3 is 5.97 Å². The van der Waals surface area contributed by atoms with Crippen LogP contribution in [0.25, 0.3) is 0 Å². The van der Waals surface area contributed by atoms with E-state index in [1.807, 2.05) is 0 Å². The Morgan fingerprint density at radius 3 is 2.55 bits per heavy atom. The number of alkyl halides is 1. The molecule has 64 valence electrons. The average Bonchev–Trinajstić information content (AvgIpc) is 1.86. The largest absolute Gasteiger partial charge is 0.465 e. The Morgan fingerprint density at radius 1 is 1.64 bits per heavy atom. The molecule has 0 aromatic rings. The zero-order chi connectivity index (χ0) is 8.85. The van der Waals surface area contributed by atoms with Crippen LogP contribution in [0.2, 0.25) is 0 Å². The Balaban J connectivity index is 3.73. The van der Waals surface area contributed by atoms with Gasteiger partial charge in [-0.15, -0.1) is 0 Å². The van der Waals surface area contributed by atoms with Gasteiger partial charge in [-0.1, -0.05) is 15.9 Å². The quantitative estimate of drug-likeness (QED) is 0.547. The third-order valence-electron chi connectivity index (χ3n) is 0.923. The van der Waals surface area contributed by atoms with Crippen molar-refractivity contribution in [2.24, 2.45) is 5.73 Å². The highest BCUT2D eigenvalue weighted by molar-refractivity contribution is 9.10. The molecule has 0 aromatic heterocycles. The molecule has 0 spiro atoms. The maximum Gasteiger partial charge on any atom is 0.320 e. The zero-order valence-corrected chi connectivity index (χ0v) is 7.76. The van der Waals surface area contributed by atoms with Gasteiger partial charge in [-0.2, -0.15) is 0 Å². The van der Waals surface area contributed by atoms with Crippen molar-refractivity contribution in [2.45, 2.75) is 18.2 Å². The van der Waals surface area contributed by atoms with E-state index in [1.165, 1.54) is 0 Å². The maximum atomic E-state index is 10.8. The Morgan fingerprint density at radius 2 is 2.18 bits per heavy atom. The van der Waals surface area contributed by atoms with Crippen LogP contribution in [0.3, 0.4) is 0 Å². The molecular weight excluding hydrogens is 214 g/mol. The molecular formula is C6H10BrNO3. The van der Waals surface area contributed by atoms with Crippen LogP contribution < -0.4 is 5.73 Å². The minimum Gasteiger partial charge on any atom is -0.465 e. The first-order valence-corrected chi connectivity index (χ1v) is 4.08. The number of halogens is 1. The van der Waals surface area contributed by atoms with Gasteiger partial charge in [-0.3, -0.25) is 9.59 Å². The molecule has 5 heteroatoms. The van der Waals surface area contributed by atoms with Crippen molar-refractivity contribution < 1.29 is 14.3 Å². The molecule has 0 radical (unpaired) electrons. The lowest BCUT2D eigenvalue weighted by Crippen LogP contribution is -2.24. The zero-order valence-electron chi connectivity index (χ0n) is 6.17. The van der Waals surface area contributed by atoms with Gasteiger partial charge in [0.15, 0.2) is 0 Å². The lowest BCUT2D eigenvalue weighted by molar-refractivity contribution is -0.143. The SMILES string of the molecule is CCOC(=O)C(Br)CC(N)=O. The molecule has 0 aliphatic heterocycles. The summed E-state index contributed by atoms with van der Waals surface area (Å²) in [4.78, 5) is 20.5. The van der Waals surface area contributed by atoms with Crippen LogP contribution in [0, 0.1) is 0 Å². The van der Waals surface area contributed by atoms with Gasteiger partial charge < -0.3 is 10.5 Å². The number of primary amides is 1. The third-order valence-corrected chi connectivity index (χ3v) is 1.62. The fraction of sp³-hybridized carbons (Fsp3) is 0.667. The Kier molecular flexibility index (Phi) is 4.85. The van der Waals surface area contributed by atoms with Gasteiger partial charge in [-0.05, 0) is 6.92 Å². The molecule has 4 nitrogen and oxygen atoms in total. The van der Waals surface area contributed by atoms with E-state index in [2.05, 4.69) is 20.7 Å². The monoisotopic (exact) mass is 223 g/mol. The second kappa shape index (κ2) is 5.12. The van der Waals surface area contributed by atoms with Crippen molar-refractivity contribution in [1.82, 2.24) is 0 Å². The molecule has 0 aromatic carbocycles. The molecule has 11 heavy (non-hydrogen) atoms. The molecule has 0 saturated carbocycles. The van der Waals surface area contributed by atoms with Gasteiger partial charge in [0.05, 0.1) is 6.61 Å². The van der Waals surface area contributed by atoms with Crippen LogP contribution in [0.4, 0.5) is 0 Å². The van der Waals surface area contributed by atoms with Gasteiger partial charge in [0.2, 0.25) is 5.91 Å². The van der Waals surface area contributed by atoms with Crippen LogP contribution in [0.15, 0.2) is 0 Å². The van der Waals surface area contributed by atoms with Crippen molar-refractivity contribution in [2.75, 3.05) is 6.61 Å². The second-order valence-electron chi connectivity index (χ2n) is 1.89. The first-order valence-electron chi connectivity index (χ1n) is 3.17. The van der Waals surface area contributed by atoms with E-state index in [-0.39, 0.29) is 6.42 Å². The molecule has 1 atom stereocenters. The first-order chi connectivity index (χ1) is 5.07. The Hall–Kier alpha value is -0.580. The summed E-state index contributed by atoms with van der Waals surface area (Å²) in [7, 11) is 0. The molecule has 1 amide bonds. The summed E-state index contributed by atoms with van der Waals surface area (Å²) in [6.45, 7) is 2.00. The van der Waals surface area contributed by atoms with Crippen LogP contribution >= 0.6 is 15.9 Å².